The molecule has 0 spiro atoms. The van der Waals surface area contributed by atoms with Crippen LogP contribution in [-0.4, -0.2) is 24.6 Å². The van der Waals surface area contributed by atoms with Gasteiger partial charge in [0.2, 0.25) is 0 Å². The summed E-state index contributed by atoms with van der Waals surface area (Å²) >= 11 is 6.33. The topological polar surface area (TPSA) is 63.3 Å². The van der Waals surface area contributed by atoms with Gasteiger partial charge in [0, 0.05) is 22.7 Å². The van der Waals surface area contributed by atoms with E-state index in [1.54, 1.807) is 12.1 Å². The average Bonchev–Trinajstić information content (AvgIpc) is 3.09. The number of carbonyl (C=O) groups is 1. The van der Waals surface area contributed by atoms with Crippen molar-refractivity contribution in [3.63, 3.8) is 0 Å². The molecule has 0 radical (unpaired) electrons. The lowest BCUT2D eigenvalue weighted by Gasteiger charge is -2.15. The number of ether oxygens (including phenoxy) is 2. The molecule has 26 heavy (non-hydrogen) atoms. The molecule has 0 bridgehead atoms. The number of hydrogen-bond donors (Lipinski definition) is 2. The molecule has 0 saturated heterocycles. The van der Waals surface area contributed by atoms with Crippen LogP contribution in [0.15, 0.2) is 42.6 Å². The predicted molar refractivity (Wildman–Crippen MR) is 105 cm³/mol. The molecule has 1 aromatic heterocycles. The third-order valence-corrected chi connectivity index (χ3v) is 4.18. The number of hydrogen-bond acceptors (Lipinski definition) is 3. The van der Waals surface area contributed by atoms with Gasteiger partial charge >= 0.3 is 0 Å². The van der Waals surface area contributed by atoms with Gasteiger partial charge in [0.25, 0.3) is 5.91 Å². The second-order valence-corrected chi connectivity index (χ2v) is 6.80. The van der Waals surface area contributed by atoms with E-state index >= 15 is 0 Å². The number of benzene rings is 2. The number of carbonyl (C=O) groups excluding carboxylic acids is 1. The van der Waals surface area contributed by atoms with Crippen molar-refractivity contribution in [2.24, 2.45) is 5.92 Å². The van der Waals surface area contributed by atoms with Crippen LogP contribution in [-0.2, 0) is 0 Å². The zero-order valence-electron chi connectivity index (χ0n) is 14.9. The molecule has 1 amide bonds. The van der Waals surface area contributed by atoms with E-state index in [4.69, 9.17) is 21.1 Å². The summed E-state index contributed by atoms with van der Waals surface area (Å²) in [6.45, 7) is 4.60. The van der Waals surface area contributed by atoms with Gasteiger partial charge in [-0.3, -0.25) is 4.79 Å². The molecule has 0 saturated carbocycles. The Morgan fingerprint density at radius 1 is 1.27 bits per heavy atom. The van der Waals surface area contributed by atoms with Crippen molar-refractivity contribution < 1.29 is 14.3 Å². The highest BCUT2D eigenvalue weighted by Gasteiger charge is 2.17. The van der Waals surface area contributed by atoms with E-state index in [9.17, 15) is 4.79 Å². The SMILES string of the molecule is COc1cc(C(=O)Nc2cccc3[nH]ccc23)cc(Cl)c1OCC(C)C. The van der Waals surface area contributed by atoms with E-state index < -0.39 is 0 Å². The number of methoxy groups -OCH3 is 1. The first kappa shape index (κ1) is 18.1. The number of rotatable bonds is 6. The van der Waals surface area contributed by atoms with E-state index in [0.29, 0.717) is 34.6 Å². The van der Waals surface area contributed by atoms with Crippen LogP contribution in [0, 0.1) is 5.92 Å². The summed E-state index contributed by atoms with van der Waals surface area (Å²) in [5.41, 5.74) is 2.08. The van der Waals surface area contributed by atoms with E-state index in [-0.39, 0.29) is 5.91 Å². The lowest BCUT2D eigenvalue weighted by atomic mass is 10.1. The summed E-state index contributed by atoms with van der Waals surface area (Å²) in [4.78, 5) is 15.8. The summed E-state index contributed by atoms with van der Waals surface area (Å²) in [6.07, 6.45) is 1.83. The van der Waals surface area contributed by atoms with Crippen molar-refractivity contribution in [1.82, 2.24) is 4.98 Å². The first-order chi connectivity index (χ1) is 12.5. The molecule has 0 aliphatic rings. The Balaban J connectivity index is 1.87. The molecule has 0 aliphatic heterocycles. The highest BCUT2D eigenvalue weighted by molar-refractivity contribution is 6.32. The number of nitrogens with one attached hydrogen (secondary N) is 2. The average molecular weight is 373 g/mol. The fourth-order valence-electron chi connectivity index (χ4n) is 2.63. The fourth-order valence-corrected chi connectivity index (χ4v) is 2.90. The second kappa shape index (κ2) is 7.70. The highest BCUT2D eigenvalue weighted by atomic mass is 35.5. The van der Waals surface area contributed by atoms with E-state index in [1.807, 2.05) is 44.3 Å². The molecule has 0 aliphatic carbocycles. The Morgan fingerprint density at radius 3 is 2.81 bits per heavy atom. The maximum Gasteiger partial charge on any atom is 0.255 e. The maximum atomic E-state index is 12.7. The zero-order valence-corrected chi connectivity index (χ0v) is 15.7. The molecule has 5 nitrogen and oxygen atoms in total. The quantitative estimate of drug-likeness (QED) is 0.631. The molecule has 3 aromatic rings. The molecule has 3 rings (SSSR count). The largest absolute Gasteiger partial charge is 0.493 e. The highest BCUT2D eigenvalue weighted by Crippen LogP contribution is 2.37. The molecule has 0 atom stereocenters. The molecule has 2 aromatic carbocycles. The van der Waals surface area contributed by atoms with Crippen LogP contribution in [0.2, 0.25) is 5.02 Å². The van der Waals surface area contributed by atoms with Gasteiger partial charge in [-0.1, -0.05) is 31.5 Å². The number of aromatic amines is 1. The first-order valence-electron chi connectivity index (χ1n) is 8.37. The number of H-pyrrole nitrogens is 1. The van der Waals surface area contributed by atoms with Gasteiger partial charge in [-0.05, 0) is 36.2 Å². The van der Waals surface area contributed by atoms with Gasteiger partial charge < -0.3 is 19.8 Å². The molecule has 0 unspecified atom stereocenters. The lowest BCUT2D eigenvalue weighted by Crippen LogP contribution is -2.13. The van der Waals surface area contributed by atoms with Gasteiger partial charge in [-0.15, -0.1) is 0 Å². The molecule has 0 fully saturated rings. The number of halogens is 1. The van der Waals surface area contributed by atoms with Crippen molar-refractivity contribution in [3.8, 4) is 11.5 Å². The van der Waals surface area contributed by atoms with Gasteiger partial charge in [0.1, 0.15) is 0 Å². The Labute approximate surface area is 157 Å². The minimum absolute atomic E-state index is 0.269. The number of aromatic nitrogens is 1. The molecule has 136 valence electrons. The summed E-state index contributed by atoms with van der Waals surface area (Å²) in [5, 5.41) is 4.20. The van der Waals surface area contributed by atoms with Crippen LogP contribution in [0.3, 0.4) is 0 Å². The van der Waals surface area contributed by atoms with Crippen molar-refractivity contribution in [2.45, 2.75) is 13.8 Å². The van der Waals surface area contributed by atoms with Crippen molar-refractivity contribution >= 4 is 34.1 Å². The molecule has 1 heterocycles. The third-order valence-electron chi connectivity index (χ3n) is 3.90. The zero-order chi connectivity index (χ0) is 18.7. The van der Waals surface area contributed by atoms with Crippen LogP contribution in [0.1, 0.15) is 24.2 Å². The number of fused-ring (bicyclic) bond motifs is 1. The monoisotopic (exact) mass is 372 g/mol. The first-order valence-corrected chi connectivity index (χ1v) is 8.75. The minimum Gasteiger partial charge on any atom is -0.493 e. The van der Waals surface area contributed by atoms with E-state index in [2.05, 4.69) is 10.3 Å². The van der Waals surface area contributed by atoms with Crippen LogP contribution >= 0.6 is 11.6 Å². The van der Waals surface area contributed by atoms with E-state index in [1.165, 1.54) is 7.11 Å². The Bertz CT molecular complexity index is 934. The van der Waals surface area contributed by atoms with E-state index in [0.717, 1.165) is 16.6 Å². The summed E-state index contributed by atoms with van der Waals surface area (Å²) in [6, 6.07) is 10.8. The Morgan fingerprint density at radius 2 is 2.08 bits per heavy atom. The normalized spacial score (nSPS) is 11.0. The standard InChI is InChI=1S/C20H21ClN2O3/c1-12(2)11-26-19-15(21)9-13(10-18(19)25-3)20(24)23-17-6-4-5-16-14(17)7-8-22-16/h4-10,12,22H,11H2,1-3H3,(H,23,24). The lowest BCUT2D eigenvalue weighted by molar-refractivity contribution is 0.102. The van der Waals surface area contributed by atoms with Gasteiger partial charge in [0.15, 0.2) is 11.5 Å². The van der Waals surface area contributed by atoms with Crippen LogP contribution < -0.4 is 14.8 Å². The number of amides is 1. The van der Waals surface area contributed by atoms with Gasteiger partial charge in [-0.25, -0.2) is 0 Å². The Kier molecular flexibility index (Phi) is 5.38. The minimum atomic E-state index is -0.269. The number of anilines is 1. The molecular weight excluding hydrogens is 352 g/mol. The Hall–Kier alpha value is -2.66. The maximum absolute atomic E-state index is 12.7. The molecule has 2 N–H and O–H groups in total. The third kappa shape index (κ3) is 3.78. The summed E-state index contributed by atoms with van der Waals surface area (Å²) in [7, 11) is 1.52. The fraction of sp³-hybridized carbons (Fsp3) is 0.250. The van der Waals surface area contributed by atoms with Gasteiger partial charge in [0.05, 0.1) is 24.4 Å². The van der Waals surface area contributed by atoms with Gasteiger partial charge in [-0.2, -0.15) is 0 Å². The smallest absolute Gasteiger partial charge is 0.255 e. The van der Waals surface area contributed by atoms with Crippen molar-refractivity contribution in [2.75, 3.05) is 19.0 Å². The molecule has 6 heteroatoms. The van der Waals surface area contributed by atoms with Crippen LogP contribution in [0.4, 0.5) is 5.69 Å². The predicted octanol–water partition coefficient (Wildman–Crippen LogP) is 5.12. The second-order valence-electron chi connectivity index (χ2n) is 6.39. The van der Waals surface area contributed by atoms with Crippen molar-refractivity contribution in [1.29, 1.82) is 0 Å². The van der Waals surface area contributed by atoms with Crippen LogP contribution in [0.25, 0.3) is 10.9 Å². The summed E-state index contributed by atoms with van der Waals surface area (Å²) in [5.74, 6) is 0.963. The molecular formula is C20H21ClN2O3. The van der Waals surface area contributed by atoms with Crippen LogP contribution in [0.5, 0.6) is 11.5 Å². The van der Waals surface area contributed by atoms with Crippen molar-refractivity contribution in [3.05, 3.63) is 53.2 Å². The summed E-state index contributed by atoms with van der Waals surface area (Å²) < 4.78 is 11.1.